The number of H-pyrrole nitrogens is 1. The fourth-order valence-corrected chi connectivity index (χ4v) is 4.47. The Balaban J connectivity index is 1.21. The van der Waals surface area contributed by atoms with Gasteiger partial charge in [-0.25, -0.2) is 4.98 Å². The molecule has 0 radical (unpaired) electrons. The van der Waals surface area contributed by atoms with Crippen LogP contribution in [0.1, 0.15) is 17.7 Å². The lowest BCUT2D eigenvalue weighted by atomic mass is 10.0. The van der Waals surface area contributed by atoms with Crippen LogP contribution in [0.2, 0.25) is 0 Å². The first kappa shape index (κ1) is 21.5. The lowest BCUT2D eigenvalue weighted by molar-refractivity contribution is 0.230. The highest BCUT2D eigenvalue weighted by molar-refractivity contribution is 9.10. The number of nitrogens with zero attached hydrogens (tertiary/aromatic N) is 4. The number of aryl methyl sites for hydroxylation is 1. The second kappa shape index (κ2) is 9.23. The minimum absolute atomic E-state index is 0.205. The number of rotatable bonds is 5. The van der Waals surface area contributed by atoms with Gasteiger partial charge in [-0.3, -0.25) is 4.79 Å². The molecule has 7 nitrogen and oxygen atoms in total. The van der Waals surface area contributed by atoms with E-state index in [1.165, 1.54) is 5.56 Å². The van der Waals surface area contributed by atoms with Gasteiger partial charge in [0.2, 0.25) is 5.95 Å². The molecule has 8 heteroatoms. The molecule has 1 aliphatic carbocycles. The Kier molecular flexibility index (Phi) is 6.00. The van der Waals surface area contributed by atoms with E-state index in [4.69, 9.17) is 0 Å². The number of halogens is 1. The van der Waals surface area contributed by atoms with Gasteiger partial charge in [-0.15, -0.1) is 0 Å². The van der Waals surface area contributed by atoms with Gasteiger partial charge in [0.25, 0.3) is 5.56 Å². The van der Waals surface area contributed by atoms with Crippen LogP contribution in [-0.4, -0.2) is 43.9 Å². The van der Waals surface area contributed by atoms with Crippen molar-refractivity contribution in [2.45, 2.75) is 25.9 Å². The Bertz CT molecular complexity index is 1310. The van der Waals surface area contributed by atoms with Crippen LogP contribution in [0.3, 0.4) is 0 Å². The van der Waals surface area contributed by atoms with E-state index in [9.17, 15) is 4.79 Å². The number of pyridine rings is 1. The van der Waals surface area contributed by atoms with Crippen LogP contribution in [0.15, 0.2) is 82.0 Å². The molecule has 0 bridgehead atoms. The van der Waals surface area contributed by atoms with Crippen molar-refractivity contribution >= 4 is 32.9 Å². The summed E-state index contributed by atoms with van der Waals surface area (Å²) in [5.74, 6) is 0.474. The van der Waals surface area contributed by atoms with Gasteiger partial charge in [-0.1, -0.05) is 42.5 Å². The van der Waals surface area contributed by atoms with Crippen LogP contribution < -0.4 is 10.9 Å². The largest absolute Gasteiger partial charge is 0.370 e. The van der Waals surface area contributed by atoms with Crippen LogP contribution in [0.4, 0.5) is 5.95 Å². The maximum Gasteiger partial charge on any atom is 0.263 e. The second-order valence-corrected chi connectivity index (χ2v) is 9.13. The van der Waals surface area contributed by atoms with Crippen LogP contribution in [-0.2, 0) is 6.54 Å². The first-order chi connectivity index (χ1) is 16.0. The maximum absolute atomic E-state index is 11.9. The monoisotopic (exact) mass is 504 g/mol. The summed E-state index contributed by atoms with van der Waals surface area (Å²) in [6.45, 7) is 4.84. The van der Waals surface area contributed by atoms with Gasteiger partial charge in [0.05, 0.1) is 16.2 Å². The van der Waals surface area contributed by atoms with Crippen LogP contribution in [0.25, 0.3) is 11.0 Å². The van der Waals surface area contributed by atoms with Gasteiger partial charge in [-0.05, 0) is 47.0 Å². The molecule has 33 heavy (non-hydrogen) atoms. The van der Waals surface area contributed by atoms with Crippen LogP contribution in [0.5, 0.6) is 0 Å². The molecular weight excluding hydrogens is 480 g/mol. The van der Waals surface area contributed by atoms with Crippen molar-refractivity contribution in [1.82, 2.24) is 24.8 Å². The quantitative estimate of drug-likeness (QED) is 0.539. The molecule has 2 aromatic heterocycles. The zero-order valence-electron chi connectivity index (χ0n) is 18.3. The summed E-state index contributed by atoms with van der Waals surface area (Å²) in [5.41, 5.74) is 3.40. The molecule has 5 rings (SSSR count). The van der Waals surface area contributed by atoms with Gasteiger partial charge in [0.15, 0.2) is 0 Å². The Morgan fingerprint density at radius 2 is 2.03 bits per heavy atom. The number of aromatic amines is 1. The number of hydrogen-bond acceptors (Lipinski definition) is 6. The van der Waals surface area contributed by atoms with Gasteiger partial charge in [0, 0.05) is 43.1 Å². The minimum atomic E-state index is -0.205. The van der Waals surface area contributed by atoms with Crippen LogP contribution in [0, 0.1) is 6.92 Å². The summed E-state index contributed by atoms with van der Waals surface area (Å²) < 4.78 is 0.473. The molecule has 1 aliphatic heterocycles. The number of hydrogen-bond donors (Lipinski definition) is 2. The van der Waals surface area contributed by atoms with Crippen molar-refractivity contribution in [2.24, 2.45) is 0 Å². The van der Waals surface area contributed by atoms with Crippen molar-refractivity contribution in [3.63, 3.8) is 0 Å². The lowest BCUT2D eigenvalue weighted by Crippen LogP contribution is -2.39. The first-order valence-electron chi connectivity index (χ1n) is 11.0. The average molecular weight is 505 g/mol. The standard InChI is InChI=1S/C25H25BrN6O/c1-17-21-15-22(26)24(33)29-23(21)30-25(27-17)28-19-7-9-20(10-8-19)32-13-11-31(12-14-32)16-18-5-3-2-4-6-18/h2-9,11,13,15,20H,10,12,14,16H2,1H3,(H2,27,28,29,30,33). The van der Waals surface area contributed by atoms with E-state index in [2.05, 4.69) is 107 Å². The molecule has 1 atom stereocenters. The summed E-state index contributed by atoms with van der Waals surface area (Å²) in [7, 11) is 0. The molecule has 2 aliphatic rings. The highest BCUT2D eigenvalue weighted by Crippen LogP contribution is 2.22. The third-order valence-corrected chi connectivity index (χ3v) is 6.55. The summed E-state index contributed by atoms with van der Waals surface area (Å²) >= 11 is 3.26. The molecule has 0 amide bonds. The highest BCUT2D eigenvalue weighted by Gasteiger charge is 2.19. The smallest absolute Gasteiger partial charge is 0.263 e. The van der Waals surface area contributed by atoms with Crippen molar-refractivity contribution in [3.8, 4) is 0 Å². The van der Waals surface area contributed by atoms with Gasteiger partial charge in [0.1, 0.15) is 5.65 Å². The molecule has 1 unspecified atom stereocenters. The van der Waals surface area contributed by atoms with E-state index < -0.39 is 0 Å². The highest BCUT2D eigenvalue weighted by atomic mass is 79.9. The maximum atomic E-state index is 11.9. The van der Waals surface area contributed by atoms with Gasteiger partial charge < -0.3 is 20.1 Å². The zero-order valence-corrected chi connectivity index (χ0v) is 19.9. The van der Waals surface area contributed by atoms with Gasteiger partial charge >= 0.3 is 0 Å². The fourth-order valence-electron chi connectivity index (χ4n) is 4.14. The lowest BCUT2D eigenvalue weighted by Gasteiger charge is -2.36. The van der Waals surface area contributed by atoms with Crippen molar-refractivity contribution in [3.05, 3.63) is 98.8 Å². The summed E-state index contributed by atoms with van der Waals surface area (Å²) in [5, 5.41) is 4.10. The van der Waals surface area contributed by atoms with Gasteiger partial charge in [-0.2, -0.15) is 4.98 Å². The molecular formula is C25H25BrN6O. The van der Waals surface area contributed by atoms with E-state index >= 15 is 0 Å². The Morgan fingerprint density at radius 3 is 2.76 bits per heavy atom. The van der Waals surface area contributed by atoms with E-state index in [0.29, 0.717) is 22.1 Å². The molecule has 3 aromatic rings. The van der Waals surface area contributed by atoms with Crippen molar-refractivity contribution in [1.29, 1.82) is 0 Å². The summed E-state index contributed by atoms with van der Waals surface area (Å²) in [6.07, 6.45) is 11.7. The zero-order chi connectivity index (χ0) is 22.8. The van der Waals surface area contributed by atoms with E-state index in [-0.39, 0.29) is 5.56 Å². The number of nitrogens with one attached hydrogen (secondary N) is 2. The molecule has 168 valence electrons. The molecule has 1 aromatic carbocycles. The molecule has 2 N–H and O–H groups in total. The number of benzene rings is 1. The number of aromatic nitrogens is 3. The number of allylic oxidation sites excluding steroid dienone is 1. The Labute approximate surface area is 200 Å². The first-order valence-corrected chi connectivity index (χ1v) is 11.8. The Hall–Kier alpha value is -3.39. The minimum Gasteiger partial charge on any atom is -0.370 e. The molecule has 0 spiro atoms. The fraction of sp³-hybridized carbons (Fsp3) is 0.240. The van der Waals surface area contributed by atoms with E-state index in [1.807, 2.05) is 6.92 Å². The molecule has 0 saturated carbocycles. The third-order valence-electron chi connectivity index (χ3n) is 5.96. The number of anilines is 1. The predicted octanol–water partition coefficient (Wildman–Crippen LogP) is 4.30. The molecule has 3 heterocycles. The molecule has 0 saturated heterocycles. The summed E-state index contributed by atoms with van der Waals surface area (Å²) in [6, 6.07) is 12.6. The van der Waals surface area contributed by atoms with Crippen molar-refractivity contribution < 1.29 is 0 Å². The van der Waals surface area contributed by atoms with Crippen LogP contribution >= 0.6 is 15.9 Å². The number of fused-ring (bicyclic) bond motifs is 1. The van der Waals surface area contributed by atoms with E-state index in [0.717, 1.165) is 42.8 Å². The second-order valence-electron chi connectivity index (χ2n) is 8.28. The predicted molar refractivity (Wildman–Crippen MR) is 135 cm³/mol. The normalized spacial score (nSPS) is 18.0. The SMILES string of the molecule is Cc1nc(NC2=CCC(N3C=CN(Cc4ccccc4)CC3)C=C2)nc2[nH]c(=O)c(Br)cc12. The topological polar surface area (TPSA) is 77.2 Å². The Morgan fingerprint density at radius 1 is 1.18 bits per heavy atom. The van der Waals surface area contributed by atoms with E-state index in [1.54, 1.807) is 6.07 Å². The summed E-state index contributed by atoms with van der Waals surface area (Å²) in [4.78, 5) is 28.5. The molecule has 0 fully saturated rings. The third kappa shape index (κ3) is 4.85. The average Bonchev–Trinajstić information content (AvgIpc) is 2.82. The van der Waals surface area contributed by atoms with Crippen molar-refractivity contribution in [2.75, 3.05) is 18.4 Å².